The number of amides is 1. The van der Waals surface area contributed by atoms with Gasteiger partial charge in [-0.15, -0.1) is 0 Å². The summed E-state index contributed by atoms with van der Waals surface area (Å²) in [6.45, 7) is -3.01. The fourth-order valence-electron chi connectivity index (χ4n) is 3.55. The summed E-state index contributed by atoms with van der Waals surface area (Å²) in [4.78, 5) is 15.0. The van der Waals surface area contributed by atoms with Crippen molar-refractivity contribution < 1.29 is 27.8 Å². The van der Waals surface area contributed by atoms with Gasteiger partial charge < -0.3 is 19.5 Å². The predicted octanol–water partition coefficient (Wildman–Crippen LogP) is 5.08. The fourth-order valence-corrected chi connectivity index (χ4v) is 3.55. The number of fused-ring (bicyclic) bond motifs is 1. The minimum Gasteiger partial charge on any atom is -0.497 e. The number of anilines is 2. The van der Waals surface area contributed by atoms with Crippen molar-refractivity contribution in [1.29, 1.82) is 0 Å². The maximum Gasteiger partial charge on any atom is 0.387 e. The van der Waals surface area contributed by atoms with Crippen molar-refractivity contribution >= 4 is 17.3 Å². The molecule has 1 atom stereocenters. The van der Waals surface area contributed by atoms with Crippen molar-refractivity contribution in [1.82, 2.24) is 0 Å². The van der Waals surface area contributed by atoms with Crippen LogP contribution in [0.25, 0.3) is 0 Å². The van der Waals surface area contributed by atoms with Gasteiger partial charge in [-0.25, -0.2) is 0 Å². The Hall–Kier alpha value is -3.81. The van der Waals surface area contributed by atoms with Crippen molar-refractivity contribution in [3.63, 3.8) is 0 Å². The first kappa shape index (κ1) is 20.5. The quantitative estimate of drug-likeness (QED) is 0.596. The summed E-state index contributed by atoms with van der Waals surface area (Å²) in [5.41, 5.74) is 2.32. The lowest BCUT2D eigenvalue weighted by atomic mass is 10.0. The maximum atomic E-state index is 13.4. The van der Waals surface area contributed by atoms with Crippen LogP contribution in [0, 0.1) is 0 Å². The molecule has 1 unspecified atom stereocenters. The molecule has 31 heavy (non-hydrogen) atoms. The number of para-hydroxylation sites is 1. The van der Waals surface area contributed by atoms with Crippen LogP contribution in [0.15, 0.2) is 66.7 Å². The zero-order valence-electron chi connectivity index (χ0n) is 16.8. The molecule has 6 nitrogen and oxygen atoms in total. The van der Waals surface area contributed by atoms with E-state index in [1.165, 1.54) is 19.2 Å². The molecule has 3 aromatic rings. The van der Waals surface area contributed by atoms with Crippen molar-refractivity contribution in [3.05, 3.63) is 77.9 Å². The van der Waals surface area contributed by atoms with Crippen LogP contribution in [0.3, 0.4) is 0 Å². The average Bonchev–Trinajstić information content (AvgIpc) is 2.79. The van der Waals surface area contributed by atoms with Crippen LogP contribution in [0.1, 0.15) is 22.1 Å². The smallest absolute Gasteiger partial charge is 0.387 e. The topological polar surface area (TPSA) is 60.0 Å². The number of carbonyl (C=O) groups is 1. The van der Waals surface area contributed by atoms with Crippen LogP contribution < -0.4 is 24.4 Å². The number of benzene rings is 3. The van der Waals surface area contributed by atoms with E-state index in [-0.39, 0.29) is 17.4 Å². The highest BCUT2D eigenvalue weighted by molar-refractivity contribution is 6.12. The lowest BCUT2D eigenvalue weighted by Gasteiger charge is -2.38. The molecule has 4 rings (SSSR count). The minimum atomic E-state index is -3.01. The first-order valence-electron chi connectivity index (χ1n) is 9.47. The molecule has 1 aliphatic rings. The highest BCUT2D eigenvalue weighted by Gasteiger charge is 2.34. The molecule has 0 spiro atoms. The molecular formula is C23H20F2N2O4. The second kappa shape index (κ2) is 8.51. The molecule has 1 N–H and O–H groups in total. The highest BCUT2D eigenvalue weighted by Crippen LogP contribution is 2.39. The van der Waals surface area contributed by atoms with E-state index in [0.29, 0.717) is 28.3 Å². The van der Waals surface area contributed by atoms with Gasteiger partial charge in [0, 0.05) is 11.4 Å². The molecule has 3 aromatic carbocycles. The summed E-state index contributed by atoms with van der Waals surface area (Å²) in [6.07, 6.45) is -0.665. The van der Waals surface area contributed by atoms with Crippen LogP contribution in [-0.4, -0.2) is 26.7 Å². The molecule has 1 heterocycles. The number of hydrogen-bond acceptors (Lipinski definition) is 5. The summed E-state index contributed by atoms with van der Waals surface area (Å²) in [7, 11) is 2.93. The molecule has 0 saturated heterocycles. The number of nitrogens with one attached hydrogen (secondary N) is 1. The first-order valence-corrected chi connectivity index (χ1v) is 9.47. The number of nitrogens with zero attached hydrogens (tertiary/aromatic N) is 1. The fraction of sp³-hybridized carbons (Fsp3) is 0.174. The Morgan fingerprint density at radius 1 is 0.935 bits per heavy atom. The second-order valence-electron chi connectivity index (χ2n) is 6.75. The molecule has 8 heteroatoms. The van der Waals surface area contributed by atoms with Gasteiger partial charge in [0.25, 0.3) is 5.91 Å². The van der Waals surface area contributed by atoms with E-state index in [0.717, 1.165) is 0 Å². The third kappa shape index (κ3) is 3.96. The van der Waals surface area contributed by atoms with E-state index in [4.69, 9.17) is 9.47 Å². The minimum absolute atomic E-state index is 0.113. The number of methoxy groups -OCH3 is 2. The van der Waals surface area contributed by atoms with Crippen molar-refractivity contribution in [2.45, 2.75) is 12.8 Å². The van der Waals surface area contributed by atoms with Crippen molar-refractivity contribution in [3.8, 4) is 17.2 Å². The van der Waals surface area contributed by atoms with Crippen molar-refractivity contribution in [2.75, 3.05) is 24.4 Å². The number of halogens is 2. The summed E-state index contributed by atoms with van der Waals surface area (Å²) < 4.78 is 40.8. The van der Waals surface area contributed by atoms with Gasteiger partial charge in [0.2, 0.25) is 0 Å². The average molecular weight is 426 g/mol. The van der Waals surface area contributed by atoms with E-state index in [1.807, 2.05) is 6.07 Å². The molecule has 1 amide bonds. The number of ether oxygens (including phenoxy) is 3. The van der Waals surface area contributed by atoms with Gasteiger partial charge in [-0.05, 0) is 54.1 Å². The van der Waals surface area contributed by atoms with Gasteiger partial charge in [-0.3, -0.25) is 9.69 Å². The SMILES string of the molecule is COc1ccc(N2C(=O)c3ccccc3NC2c2ccc(OC)c(OC(F)F)c2)cc1. The van der Waals surface area contributed by atoms with Gasteiger partial charge in [0.15, 0.2) is 11.5 Å². The zero-order chi connectivity index (χ0) is 22.0. The zero-order valence-corrected chi connectivity index (χ0v) is 16.8. The number of rotatable bonds is 6. The van der Waals surface area contributed by atoms with E-state index in [9.17, 15) is 13.6 Å². The van der Waals surface area contributed by atoms with Crippen LogP contribution in [0.4, 0.5) is 20.2 Å². The van der Waals surface area contributed by atoms with Gasteiger partial charge in [0.1, 0.15) is 11.9 Å². The molecule has 0 radical (unpaired) electrons. The number of alkyl halides is 2. The van der Waals surface area contributed by atoms with Crippen LogP contribution in [0.5, 0.6) is 17.2 Å². The van der Waals surface area contributed by atoms with Gasteiger partial charge in [-0.2, -0.15) is 8.78 Å². The van der Waals surface area contributed by atoms with Gasteiger partial charge >= 0.3 is 6.61 Å². The summed E-state index contributed by atoms with van der Waals surface area (Å²) in [6, 6.07) is 18.8. The standard InChI is InChI=1S/C23H20F2N2O4/c1-29-16-10-8-15(9-11-16)27-21(26-18-6-4-3-5-17(18)22(27)28)14-7-12-19(30-2)20(13-14)31-23(24)25/h3-13,21,23,26H,1-2H3. The van der Waals surface area contributed by atoms with E-state index in [1.54, 1.807) is 60.5 Å². The first-order chi connectivity index (χ1) is 15.0. The molecule has 0 aliphatic carbocycles. The lowest BCUT2D eigenvalue weighted by molar-refractivity contribution is -0.0512. The third-order valence-corrected chi connectivity index (χ3v) is 5.00. The molecular weight excluding hydrogens is 406 g/mol. The highest BCUT2D eigenvalue weighted by atomic mass is 19.3. The monoisotopic (exact) mass is 426 g/mol. The Labute approximate surface area is 178 Å². The summed E-state index contributed by atoms with van der Waals surface area (Å²) >= 11 is 0. The van der Waals surface area contributed by atoms with E-state index >= 15 is 0 Å². The van der Waals surface area contributed by atoms with Gasteiger partial charge in [0.05, 0.1) is 19.8 Å². The Morgan fingerprint density at radius 3 is 2.35 bits per heavy atom. The largest absolute Gasteiger partial charge is 0.497 e. The Balaban J connectivity index is 1.82. The lowest BCUT2D eigenvalue weighted by Crippen LogP contribution is -2.43. The van der Waals surface area contributed by atoms with Crippen LogP contribution >= 0.6 is 0 Å². The van der Waals surface area contributed by atoms with Crippen LogP contribution in [0.2, 0.25) is 0 Å². The summed E-state index contributed by atoms with van der Waals surface area (Å²) in [5, 5.41) is 3.33. The molecule has 0 fully saturated rings. The molecule has 0 saturated carbocycles. The molecule has 160 valence electrons. The maximum absolute atomic E-state index is 13.4. The molecule has 0 bridgehead atoms. The summed E-state index contributed by atoms with van der Waals surface area (Å²) in [5.74, 6) is 0.479. The van der Waals surface area contributed by atoms with Crippen LogP contribution in [-0.2, 0) is 0 Å². The Kier molecular flexibility index (Phi) is 5.62. The predicted molar refractivity (Wildman–Crippen MR) is 112 cm³/mol. The second-order valence-corrected chi connectivity index (χ2v) is 6.75. The van der Waals surface area contributed by atoms with E-state index < -0.39 is 12.8 Å². The number of carbonyl (C=O) groups excluding carboxylic acids is 1. The van der Waals surface area contributed by atoms with Crippen molar-refractivity contribution in [2.24, 2.45) is 0 Å². The Bertz CT molecular complexity index is 1090. The molecule has 1 aliphatic heterocycles. The molecule has 0 aromatic heterocycles. The van der Waals surface area contributed by atoms with Gasteiger partial charge in [-0.1, -0.05) is 18.2 Å². The third-order valence-electron chi connectivity index (χ3n) is 5.00. The Morgan fingerprint density at radius 2 is 1.68 bits per heavy atom. The number of hydrogen-bond donors (Lipinski definition) is 1. The normalized spacial score (nSPS) is 15.3. The van der Waals surface area contributed by atoms with E-state index in [2.05, 4.69) is 10.1 Å².